The average molecular weight is 538 g/mol. The van der Waals surface area contributed by atoms with Crippen LogP contribution in [0.4, 0.5) is 11.4 Å². The second-order valence-electron chi connectivity index (χ2n) is 9.61. The molecule has 0 saturated heterocycles. The zero-order chi connectivity index (χ0) is 28.2. The Morgan fingerprint density at radius 2 is 1.51 bits per heavy atom. The van der Waals surface area contributed by atoms with Gasteiger partial charge in [-0.1, -0.05) is 25.0 Å². The first-order chi connectivity index (χ1) is 18.9. The summed E-state index contributed by atoms with van der Waals surface area (Å²) in [6.45, 7) is 11.4. The van der Waals surface area contributed by atoms with Crippen molar-refractivity contribution in [3.8, 4) is 5.75 Å². The summed E-state index contributed by atoms with van der Waals surface area (Å²) in [6, 6.07) is 9.42. The van der Waals surface area contributed by atoms with Gasteiger partial charge in [0.15, 0.2) is 0 Å². The third-order valence-electron chi connectivity index (χ3n) is 7.16. The maximum Gasteiger partial charge on any atom is 0.255 e. The van der Waals surface area contributed by atoms with Gasteiger partial charge >= 0.3 is 0 Å². The summed E-state index contributed by atoms with van der Waals surface area (Å²) < 4.78 is 6.19. The summed E-state index contributed by atoms with van der Waals surface area (Å²) >= 11 is 0. The van der Waals surface area contributed by atoms with E-state index in [4.69, 9.17) is 4.74 Å². The minimum atomic E-state index is -0.237. The molecule has 212 valence electrons. The molecule has 1 aromatic heterocycles. The van der Waals surface area contributed by atoms with Crippen molar-refractivity contribution in [1.29, 1.82) is 0 Å². The third kappa shape index (κ3) is 7.94. The lowest BCUT2D eigenvalue weighted by Gasteiger charge is -2.29. The number of aromatic nitrogens is 1. The number of ether oxygens (including phenoxy) is 1. The van der Waals surface area contributed by atoms with Gasteiger partial charge in [-0.15, -0.1) is 0 Å². The largest absolute Gasteiger partial charge is 0.491 e. The molecular formula is C30H43N5O4. The van der Waals surface area contributed by atoms with Crippen molar-refractivity contribution in [2.45, 2.75) is 53.4 Å². The van der Waals surface area contributed by atoms with E-state index in [1.165, 1.54) is 6.20 Å². The maximum absolute atomic E-state index is 13.8. The fourth-order valence-electron chi connectivity index (χ4n) is 4.84. The molecule has 9 nitrogen and oxygen atoms in total. The summed E-state index contributed by atoms with van der Waals surface area (Å²) in [5.41, 5.74) is 1.74. The van der Waals surface area contributed by atoms with Gasteiger partial charge in [0.05, 0.1) is 29.7 Å². The SMILES string of the molecule is CCN(CC)C(=O)CN1CCCCCCOc2ccccc2N(CC(=O)N(CC)CC)c2cncc(c2)C1=O. The number of rotatable bonds is 8. The lowest BCUT2D eigenvalue weighted by atomic mass is 10.1. The van der Waals surface area contributed by atoms with E-state index in [2.05, 4.69) is 4.98 Å². The van der Waals surface area contributed by atoms with E-state index in [0.29, 0.717) is 56.3 Å². The fourth-order valence-corrected chi connectivity index (χ4v) is 4.84. The molecule has 0 unspecified atom stereocenters. The van der Waals surface area contributed by atoms with E-state index >= 15 is 0 Å². The van der Waals surface area contributed by atoms with Crippen LogP contribution in [-0.4, -0.2) is 89.8 Å². The fraction of sp³-hybridized carbons (Fsp3) is 0.533. The summed E-state index contributed by atoms with van der Waals surface area (Å²) in [5, 5.41) is 0. The van der Waals surface area contributed by atoms with Crippen LogP contribution in [0.3, 0.4) is 0 Å². The molecule has 2 heterocycles. The molecule has 3 amide bonds. The smallest absolute Gasteiger partial charge is 0.255 e. The van der Waals surface area contributed by atoms with E-state index in [0.717, 1.165) is 31.4 Å². The van der Waals surface area contributed by atoms with Gasteiger partial charge in [0.25, 0.3) is 5.91 Å². The number of pyridine rings is 1. The number of carbonyl (C=O) groups excluding carboxylic acids is 3. The van der Waals surface area contributed by atoms with Gasteiger partial charge in [0.2, 0.25) is 11.8 Å². The molecule has 0 radical (unpaired) electrons. The van der Waals surface area contributed by atoms with Crippen molar-refractivity contribution in [3.63, 3.8) is 0 Å². The normalized spacial score (nSPS) is 14.5. The number of fused-ring (bicyclic) bond motifs is 3. The third-order valence-corrected chi connectivity index (χ3v) is 7.16. The Balaban J connectivity index is 2.04. The molecule has 0 N–H and O–H groups in total. The number of amides is 3. The summed E-state index contributed by atoms with van der Waals surface area (Å²) in [4.78, 5) is 51.4. The molecule has 0 fully saturated rings. The highest BCUT2D eigenvalue weighted by atomic mass is 16.5. The van der Waals surface area contributed by atoms with E-state index in [-0.39, 0.29) is 30.8 Å². The van der Waals surface area contributed by atoms with Crippen molar-refractivity contribution < 1.29 is 19.1 Å². The van der Waals surface area contributed by atoms with Gasteiger partial charge in [-0.3, -0.25) is 19.4 Å². The Bertz CT molecular complexity index is 1100. The van der Waals surface area contributed by atoms with Gasteiger partial charge < -0.3 is 24.3 Å². The second-order valence-corrected chi connectivity index (χ2v) is 9.61. The van der Waals surface area contributed by atoms with Gasteiger partial charge in [-0.05, 0) is 58.7 Å². The summed E-state index contributed by atoms with van der Waals surface area (Å²) in [5.74, 6) is 0.349. The first-order valence-electron chi connectivity index (χ1n) is 14.2. The molecule has 0 saturated carbocycles. The summed E-state index contributed by atoms with van der Waals surface area (Å²) in [6.07, 6.45) is 6.74. The number of hydrogen-bond acceptors (Lipinski definition) is 6. The van der Waals surface area contributed by atoms with Crippen LogP contribution >= 0.6 is 0 Å². The van der Waals surface area contributed by atoms with Crippen molar-refractivity contribution in [3.05, 3.63) is 48.3 Å². The molecule has 39 heavy (non-hydrogen) atoms. The van der Waals surface area contributed by atoms with Crippen LogP contribution in [0.2, 0.25) is 0 Å². The first-order valence-corrected chi connectivity index (χ1v) is 14.2. The van der Waals surface area contributed by atoms with E-state index in [1.54, 1.807) is 27.0 Å². The molecule has 2 bridgehead atoms. The Kier molecular flexibility index (Phi) is 11.6. The Labute approximate surface area is 232 Å². The van der Waals surface area contributed by atoms with Gasteiger partial charge in [-0.2, -0.15) is 0 Å². The van der Waals surface area contributed by atoms with Crippen molar-refractivity contribution in [2.75, 3.05) is 57.3 Å². The highest BCUT2D eigenvalue weighted by Gasteiger charge is 2.25. The number of carbonyl (C=O) groups is 3. The van der Waals surface area contributed by atoms with Gasteiger partial charge in [0.1, 0.15) is 18.8 Å². The Morgan fingerprint density at radius 3 is 2.21 bits per heavy atom. The minimum Gasteiger partial charge on any atom is -0.491 e. The van der Waals surface area contributed by atoms with Crippen LogP contribution < -0.4 is 9.64 Å². The van der Waals surface area contributed by atoms with Crippen molar-refractivity contribution in [2.24, 2.45) is 0 Å². The van der Waals surface area contributed by atoms with Gasteiger partial charge in [0, 0.05) is 38.9 Å². The van der Waals surface area contributed by atoms with Crippen molar-refractivity contribution >= 4 is 29.1 Å². The van der Waals surface area contributed by atoms with E-state index in [1.807, 2.05) is 56.9 Å². The lowest BCUT2D eigenvalue weighted by molar-refractivity contribution is -0.131. The standard InChI is InChI=1S/C30H43N5O4/c1-5-32(6-2)28(36)22-34-17-13-9-10-14-18-39-27-16-12-11-15-26(27)35(23-29(37)33(7-3)8-4)25-19-24(30(34)38)20-31-21-25/h11-12,15-16,19-21H,5-10,13-14,17-18,22-23H2,1-4H3. The Morgan fingerprint density at radius 1 is 0.872 bits per heavy atom. The summed E-state index contributed by atoms with van der Waals surface area (Å²) in [7, 11) is 0. The number of likely N-dealkylation sites (N-methyl/N-ethyl adjacent to an activating group) is 2. The molecular weight excluding hydrogens is 494 g/mol. The predicted octanol–water partition coefficient (Wildman–Crippen LogP) is 4.35. The van der Waals surface area contributed by atoms with Crippen molar-refractivity contribution in [1.82, 2.24) is 19.7 Å². The number of anilines is 2. The lowest BCUT2D eigenvalue weighted by Crippen LogP contribution is -2.43. The molecule has 1 aromatic carbocycles. The molecule has 2 aromatic rings. The highest BCUT2D eigenvalue weighted by molar-refractivity contribution is 5.97. The zero-order valence-electron chi connectivity index (χ0n) is 23.9. The number of benzene rings is 1. The molecule has 0 spiro atoms. The van der Waals surface area contributed by atoms with Crippen LogP contribution in [-0.2, 0) is 9.59 Å². The average Bonchev–Trinajstić information content (AvgIpc) is 2.95. The van der Waals surface area contributed by atoms with Gasteiger partial charge in [-0.25, -0.2) is 0 Å². The predicted molar refractivity (Wildman–Crippen MR) is 153 cm³/mol. The molecule has 3 rings (SSSR count). The van der Waals surface area contributed by atoms with Crippen LogP contribution in [0.25, 0.3) is 0 Å². The molecule has 9 heteroatoms. The first kappa shape index (κ1) is 29.9. The highest BCUT2D eigenvalue weighted by Crippen LogP contribution is 2.34. The quantitative estimate of drug-likeness (QED) is 0.498. The minimum absolute atomic E-state index is 0.0286. The molecule has 0 aliphatic carbocycles. The topological polar surface area (TPSA) is 86.3 Å². The number of hydrogen-bond donors (Lipinski definition) is 0. The van der Waals surface area contributed by atoms with E-state index < -0.39 is 0 Å². The second kappa shape index (κ2) is 15.1. The number of para-hydroxylation sites is 2. The number of nitrogens with zero attached hydrogens (tertiary/aromatic N) is 5. The molecule has 1 aliphatic rings. The molecule has 1 aliphatic heterocycles. The van der Waals surface area contributed by atoms with E-state index in [9.17, 15) is 14.4 Å². The van der Waals surface area contributed by atoms with Crippen LogP contribution in [0.5, 0.6) is 5.75 Å². The van der Waals surface area contributed by atoms with Crippen LogP contribution in [0.15, 0.2) is 42.7 Å². The van der Waals surface area contributed by atoms with Crippen LogP contribution in [0, 0.1) is 0 Å². The molecule has 0 atom stereocenters. The van der Waals surface area contributed by atoms with Crippen LogP contribution in [0.1, 0.15) is 63.7 Å². The zero-order valence-corrected chi connectivity index (χ0v) is 23.9. The Hall–Kier alpha value is -3.62. The maximum atomic E-state index is 13.8. The monoisotopic (exact) mass is 537 g/mol.